The fourth-order valence-electron chi connectivity index (χ4n) is 2.86. The molecule has 4 nitrogen and oxygen atoms in total. The number of ether oxygens (including phenoxy) is 1. The van der Waals surface area contributed by atoms with Gasteiger partial charge in [-0.05, 0) is 25.3 Å². The molecule has 1 saturated heterocycles. The minimum atomic E-state index is 0.112. The van der Waals surface area contributed by atoms with Crippen LogP contribution in [0.2, 0.25) is 0 Å². The molecule has 1 aromatic carbocycles. The number of nitrogens with zero attached hydrogens (tertiary/aromatic N) is 1. The van der Waals surface area contributed by atoms with Gasteiger partial charge in [0.05, 0.1) is 12.2 Å². The van der Waals surface area contributed by atoms with Crippen molar-refractivity contribution in [1.29, 1.82) is 0 Å². The van der Waals surface area contributed by atoms with Gasteiger partial charge in [0, 0.05) is 32.1 Å². The average Bonchev–Trinajstić information content (AvgIpc) is 3.29. The molecule has 0 aromatic heterocycles. The van der Waals surface area contributed by atoms with Crippen LogP contribution >= 0.6 is 0 Å². The van der Waals surface area contributed by atoms with Crippen LogP contribution in [0.1, 0.15) is 37.9 Å². The number of hydrogen-bond acceptors (Lipinski definition) is 3. The highest BCUT2D eigenvalue weighted by Crippen LogP contribution is 2.25. The molecule has 114 valence electrons. The Morgan fingerprint density at radius 1 is 1.29 bits per heavy atom. The van der Waals surface area contributed by atoms with Crippen molar-refractivity contribution in [3.63, 3.8) is 0 Å². The molecule has 1 aliphatic heterocycles. The predicted octanol–water partition coefficient (Wildman–Crippen LogP) is 2.12. The first-order chi connectivity index (χ1) is 10.2. The van der Waals surface area contributed by atoms with E-state index >= 15 is 0 Å². The van der Waals surface area contributed by atoms with E-state index in [0.717, 1.165) is 32.5 Å². The summed E-state index contributed by atoms with van der Waals surface area (Å²) in [6.07, 6.45) is 3.20. The lowest BCUT2D eigenvalue weighted by molar-refractivity contribution is -0.122. The summed E-state index contributed by atoms with van der Waals surface area (Å²) in [7, 11) is 0. The molecule has 1 N–H and O–H groups in total. The van der Waals surface area contributed by atoms with Crippen LogP contribution in [0.3, 0.4) is 0 Å². The number of benzene rings is 1. The Morgan fingerprint density at radius 3 is 2.76 bits per heavy atom. The van der Waals surface area contributed by atoms with Crippen LogP contribution in [-0.2, 0) is 9.53 Å². The number of carbonyl (C=O) groups excluding carboxylic acids is 1. The van der Waals surface area contributed by atoms with Crippen molar-refractivity contribution in [3.8, 4) is 0 Å². The number of hydrogen-bond donors (Lipinski definition) is 1. The van der Waals surface area contributed by atoms with Gasteiger partial charge in [-0.2, -0.15) is 0 Å². The molecule has 1 amide bonds. The lowest BCUT2D eigenvalue weighted by Gasteiger charge is -2.37. The zero-order chi connectivity index (χ0) is 14.7. The Morgan fingerprint density at radius 2 is 2.05 bits per heavy atom. The third-order valence-corrected chi connectivity index (χ3v) is 4.10. The van der Waals surface area contributed by atoms with Gasteiger partial charge in [0.1, 0.15) is 0 Å². The van der Waals surface area contributed by atoms with E-state index in [9.17, 15) is 4.79 Å². The van der Waals surface area contributed by atoms with Gasteiger partial charge in [-0.15, -0.1) is 0 Å². The Bertz CT molecular complexity index is 473. The van der Waals surface area contributed by atoms with E-state index < -0.39 is 0 Å². The first kappa shape index (κ1) is 14.5. The molecule has 2 fully saturated rings. The second-order valence-electron chi connectivity index (χ2n) is 6.20. The molecule has 1 saturated carbocycles. The van der Waals surface area contributed by atoms with E-state index in [1.54, 1.807) is 0 Å². The quantitative estimate of drug-likeness (QED) is 0.902. The molecule has 1 aliphatic carbocycles. The van der Waals surface area contributed by atoms with Crippen LogP contribution in [0.15, 0.2) is 30.3 Å². The SMILES string of the molecule is C[C@@H]1CN(CCC(=O)NC2CC2)C[C@H](c2ccccc2)O1. The van der Waals surface area contributed by atoms with E-state index in [1.165, 1.54) is 5.56 Å². The second kappa shape index (κ2) is 6.58. The maximum absolute atomic E-state index is 11.8. The maximum Gasteiger partial charge on any atom is 0.221 e. The van der Waals surface area contributed by atoms with Crippen molar-refractivity contribution in [2.45, 2.75) is 44.4 Å². The summed E-state index contributed by atoms with van der Waals surface area (Å²) in [4.78, 5) is 14.1. The molecular formula is C17H24N2O2. The minimum absolute atomic E-state index is 0.112. The van der Waals surface area contributed by atoms with Crippen LogP contribution in [0.5, 0.6) is 0 Å². The molecule has 0 radical (unpaired) electrons. The Hall–Kier alpha value is -1.39. The second-order valence-corrected chi connectivity index (χ2v) is 6.20. The molecular weight excluding hydrogens is 264 g/mol. The lowest BCUT2D eigenvalue weighted by Crippen LogP contribution is -2.44. The van der Waals surface area contributed by atoms with Gasteiger partial charge in [0.2, 0.25) is 5.91 Å². The Labute approximate surface area is 126 Å². The van der Waals surface area contributed by atoms with Crippen LogP contribution in [0.4, 0.5) is 0 Å². The minimum Gasteiger partial charge on any atom is -0.368 e. The maximum atomic E-state index is 11.8. The summed E-state index contributed by atoms with van der Waals surface area (Å²) in [5, 5.41) is 3.05. The van der Waals surface area contributed by atoms with Gasteiger partial charge >= 0.3 is 0 Å². The fourth-order valence-corrected chi connectivity index (χ4v) is 2.86. The van der Waals surface area contributed by atoms with Gasteiger partial charge < -0.3 is 10.1 Å². The molecule has 3 rings (SSSR count). The topological polar surface area (TPSA) is 41.6 Å². The smallest absolute Gasteiger partial charge is 0.221 e. The number of amides is 1. The highest BCUT2D eigenvalue weighted by molar-refractivity contribution is 5.76. The molecule has 0 bridgehead atoms. The third-order valence-electron chi connectivity index (χ3n) is 4.10. The molecule has 4 heteroatoms. The van der Waals surface area contributed by atoms with E-state index in [-0.39, 0.29) is 18.1 Å². The lowest BCUT2D eigenvalue weighted by atomic mass is 10.1. The molecule has 2 atom stereocenters. The molecule has 1 aromatic rings. The molecule has 1 heterocycles. The van der Waals surface area contributed by atoms with Crippen molar-refractivity contribution in [2.24, 2.45) is 0 Å². The van der Waals surface area contributed by atoms with E-state index in [0.29, 0.717) is 12.5 Å². The number of morpholine rings is 1. The highest BCUT2D eigenvalue weighted by Gasteiger charge is 2.27. The zero-order valence-electron chi connectivity index (χ0n) is 12.6. The van der Waals surface area contributed by atoms with Gasteiger partial charge in [0.15, 0.2) is 0 Å². The Kier molecular flexibility index (Phi) is 4.56. The summed E-state index contributed by atoms with van der Waals surface area (Å²) in [5.41, 5.74) is 1.22. The monoisotopic (exact) mass is 288 g/mol. The Balaban J connectivity index is 1.51. The summed E-state index contributed by atoms with van der Waals surface area (Å²) >= 11 is 0. The number of carbonyl (C=O) groups is 1. The first-order valence-electron chi connectivity index (χ1n) is 7.93. The van der Waals surface area contributed by atoms with E-state index in [1.807, 2.05) is 18.2 Å². The van der Waals surface area contributed by atoms with Crippen LogP contribution in [-0.4, -0.2) is 42.6 Å². The molecule has 0 spiro atoms. The van der Waals surface area contributed by atoms with Crippen molar-refractivity contribution < 1.29 is 9.53 Å². The standard InChI is InChI=1S/C17H24N2O2/c1-13-11-19(10-9-17(20)18-15-7-8-15)12-16(21-13)14-5-3-2-4-6-14/h2-6,13,15-16H,7-12H2,1H3,(H,18,20)/t13-,16-/m1/s1. The van der Waals surface area contributed by atoms with Gasteiger partial charge in [-0.1, -0.05) is 30.3 Å². The van der Waals surface area contributed by atoms with Crippen LogP contribution in [0.25, 0.3) is 0 Å². The van der Waals surface area contributed by atoms with Crippen molar-refractivity contribution in [3.05, 3.63) is 35.9 Å². The normalized spacial score (nSPS) is 26.5. The van der Waals surface area contributed by atoms with Gasteiger partial charge in [-0.3, -0.25) is 9.69 Å². The summed E-state index contributed by atoms with van der Waals surface area (Å²) < 4.78 is 6.04. The largest absolute Gasteiger partial charge is 0.368 e. The number of rotatable bonds is 5. The van der Waals surface area contributed by atoms with E-state index in [2.05, 4.69) is 29.3 Å². The number of nitrogens with one attached hydrogen (secondary N) is 1. The van der Waals surface area contributed by atoms with Crippen molar-refractivity contribution in [2.75, 3.05) is 19.6 Å². The average molecular weight is 288 g/mol. The van der Waals surface area contributed by atoms with Crippen LogP contribution in [0, 0.1) is 0 Å². The molecule has 21 heavy (non-hydrogen) atoms. The molecule has 0 unspecified atom stereocenters. The van der Waals surface area contributed by atoms with Crippen LogP contribution < -0.4 is 5.32 Å². The highest BCUT2D eigenvalue weighted by atomic mass is 16.5. The fraction of sp³-hybridized carbons (Fsp3) is 0.588. The molecule has 2 aliphatic rings. The van der Waals surface area contributed by atoms with Crippen molar-refractivity contribution >= 4 is 5.91 Å². The van der Waals surface area contributed by atoms with Crippen molar-refractivity contribution in [1.82, 2.24) is 10.2 Å². The summed E-state index contributed by atoms with van der Waals surface area (Å²) in [6, 6.07) is 10.8. The summed E-state index contributed by atoms with van der Waals surface area (Å²) in [6.45, 7) is 4.69. The third kappa shape index (κ3) is 4.29. The van der Waals surface area contributed by atoms with Gasteiger partial charge in [0.25, 0.3) is 0 Å². The summed E-state index contributed by atoms with van der Waals surface area (Å²) in [5.74, 6) is 0.188. The zero-order valence-corrected chi connectivity index (χ0v) is 12.6. The first-order valence-corrected chi connectivity index (χ1v) is 7.93. The predicted molar refractivity (Wildman–Crippen MR) is 82.0 cm³/mol. The van der Waals surface area contributed by atoms with Gasteiger partial charge in [-0.25, -0.2) is 0 Å². The van der Waals surface area contributed by atoms with E-state index in [4.69, 9.17) is 4.74 Å².